The van der Waals surface area contributed by atoms with Crippen molar-refractivity contribution in [2.24, 2.45) is 13.0 Å². The maximum atomic E-state index is 11.7. The van der Waals surface area contributed by atoms with Crippen LogP contribution in [0.25, 0.3) is 0 Å². The Hall–Kier alpha value is -0.840. The average Bonchev–Trinajstić information content (AvgIpc) is 2.36. The van der Waals surface area contributed by atoms with Gasteiger partial charge in [-0.1, -0.05) is 19.3 Å². The van der Waals surface area contributed by atoms with Crippen LogP contribution in [0.15, 0.2) is 15.5 Å². The lowest BCUT2D eigenvalue weighted by atomic mass is 9.89. The third-order valence-electron chi connectivity index (χ3n) is 3.38. The largest absolute Gasteiger partial charge is 0.382 e. The Labute approximate surface area is 110 Å². The molecule has 94 valence electrons. The summed E-state index contributed by atoms with van der Waals surface area (Å²) in [6.45, 7) is 0.938. The Morgan fingerprint density at radius 1 is 1.47 bits per heavy atom. The van der Waals surface area contributed by atoms with E-state index in [9.17, 15) is 4.79 Å². The summed E-state index contributed by atoms with van der Waals surface area (Å²) in [5.74, 6) is 0.736. The van der Waals surface area contributed by atoms with Crippen LogP contribution in [0.2, 0.25) is 0 Å². The van der Waals surface area contributed by atoms with Gasteiger partial charge in [0.05, 0.1) is 11.9 Å². The molecule has 1 aromatic heterocycles. The average molecular weight is 300 g/mol. The van der Waals surface area contributed by atoms with Gasteiger partial charge in [0.1, 0.15) is 4.47 Å². The number of aryl methyl sites for hydroxylation is 1. The lowest BCUT2D eigenvalue weighted by molar-refractivity contribution is 0.373. The molecule has 1 N–H and O–H groups in total. The van der Waals surface area contributed by atoms with Crippen molar-refractivity contribution in [1.29, 1.82) is 0 Å². The smallest absolute Gasteiger partial charge is 0.282 e. The normalized spacial score (nSPS) is 17.1. The SMILES string of the molecule is Cn1ncc(NCC2CCCCC2)c(Br)c1=O. The molecule has 4 nitrogen and oxygen atoms in total. The number of anilines is 1. The van der Waals surface area contributed by atoms with Crippen LogP contribution in [0.1, 0.15) is 32.1 Å². The lowest BCUT2D eigenvalue weighted by Gasteiger charge is -2.22. The summed E-state index contributed by atoms with van der Waals surface area (Å²) in [4.78, 5) is 11.7. The number of hydrogen-bond acceptors (Lipinski definition) is 3. The summed E-state index contributed by atoms with van der Waals surface area (Å²) in [6, 6.07) is 0. The number of rotatable bonds is 3. The monoisotopic (exact) mass is 299 g/mol. The van der Waals surface area contributed by atoms with Crippen molar-refractivity contribution in [2.75, 3.05) is 11.9 Å². The van der Waals surface area contributed by atoms with E-state index in [-0.39, 0.29) is 5.56 Å². The zero-order valence-electron chi connectivity index (χ0n) is 10.1. The van der Waals surface area contributed by atoms with Crippen molar-refractivity contribution < 1.29 is 0 Å². The molecule has 1 aliphatic carbocycles. The predicted molar refractivity (Wildman–Crippen MR) is 72.2 cm³/mol. The van der Waals surface area contributed by atoms with Crippen molar-refractivity contribution in [1.82, 2.24) is 9.78 Å². The van der Waals surface area contributed by atoms with Gasteiger partial charge in [0.15, 0.2) is 0 Å². The summed E-state index contributed by atoms with van der Waals surface area (Å²) in [6.07, 6.45) is 8.33. The molecule has 17 heavy (non-hydrogen) atoms. The van der Waals surface area contributed by atoms with Gasteiger partial charge < -0.3 is 5.32 Å². The third-order valence-corrected chi connectivity index (χ3v) is 4.15. The quantitative estimate of drug-likeness (QED) is 0.933. The fourth-order valence-corrected chi connectivity index (χ4v) is 2.78. The van der Waals surface area contributed by atoms with Gasteiger partial charge in [0.25, 0.3) is 5.56 Å². The molecule has 1 aliphatic rings. The van der Waals surface area contributed by atoms with Gasteiger partial charge in [0, 0.05) is 13.6 Å². The summed E-state index contributed by atoms with van der Waals surface area (Å²) in [7, 11) is 1.65. The maximum absolute atomic E-state index is 11.7. The molecule has 1 saturated carbocycles. The Kier molecular flexibility index (Phi) is 4.20. The van der Waals surface area contributed by atoms with E-state index in [1.165, 1.54) is 36.8 Å². The highest BCUT2D eigenvalue weighted by molar-refractivity contribution is 9.10. The second-order valence-electron chi connectivity index (χ2n) is 4.69. The van der Waals surface area contributed by atoms with Crippen LogP contribution in [-0.2, 0) is 7.05 Å². The van der Waals surface area contributed by atoms with Crippen molar-refractivity contribution in [3.63, 3.8) is 0 Å². The summed E-state index contributed by atoms with van der Waals surface area (Å²) < 4.78 is 1.90. The van der Waals surface area contributed by atoms with Gasteiger partial charge >= 0.3 is 0 Å². The number of halogens is 1. The molecule has 0 aliphatic heterocycles. The minimum absolute atomic E-state index is 0.0985. The van der Waals surface area contributed by atoms with E-state index in [1.807, 2.05) is 0 Å². The van der Waals surface area contributed by atoms with E-state index in [0.717, 1.165) is 18.2 Å². The standard InChI is InChI=1S/C12H18BrN3O/c1-16-12(17)11(13)10(8-15-16)14-7-9-5-3-2-4-6-9/h8-9,14H,2-7H2,1H3. The fourth-order valence-electron chi connectivity index (χ4n) is 2.28. The maximum Gasteiger partial charge on any atom is 0.282 e. The van der Waals surface area contributed by atoms with E-state index in [0.29, 0.717) is 4.47 Å². The molecule has 1 fully saturated rings. The van der Waals surface area contributed by atoms with Crippen LogP contribution in [0.5, 0.6) is 0 Å². The molecule has 0 aromatic carbocycles. The molecule has 0 radical (unpaired) electrons. The Morgan fingerprint density at radius 2 is 2.18 bits per heavy atom. The second-order valence-corrected chi connectivity index (χ2v) is 5.48. The predicted octanol–water partition coefficient (Wildman–Crippen LogP) is 2.54. The molecule has 0 atom stereocenters. The van der Waals surface area contributed by atoms with Gasteiger partial charge in [0.2, 0.25) is 0 Å². The molecule has 0 spiro atoms. The van der Waals surface area contributed by atoms with E-state index in [1.54, 1.807) is 13.2 Å². The number of nitrogens with zero attached hydrogens (tertiary/aromatic N) is 2. The van der Waals surface area contributed by atoms with Crippen LogP contribution in [-0.4, -0.2) is 16.3 Å². The van der Waals surface area contributed by atoms with E-state index < -0.39 is 0 Å². The first-order valence-electron chi connectivity index (χ1n) is 6.14. The first-order valence-corrected chi connectivity index (χ1v) is 6.93. The Balaban J connectivity index is 1.99. The molecule has 2 rings (SSSR count). The molecule has 1 aromatic rings. The first-order chi connectivity index (χ1) is 8.18. The Morgan fingerprint density at radius 3 is 2.88 bits per heavy atom. The van der Waals surface area contributed by atoms with Crippen molar-refractivity contribution in [3.05, 3.63) is 21.0 Å². The van der Waals surface area contributed by atoms with Gasteiger partial charge in [-0.2, -0.15) is 5.10 Å². The zero-order valence-corrected chi connectivity index (χ0v) is 11.7. The highest BCUT2D eigenvalue weighted by Crippen LogP contribution is 2.24. The van der Waals surface area contributed by atoms with E-state index >= 15 is 0 Å². The van der Waals surface area contributed by atoms with Crippen molar-refractivity contribution in [2.45, 2.75) is 32.1 Å². The Bertz CT molecular complexity index is 438. The lowest BCUT2D eigenvalue weighted by Crippen LogP contribution is -2.23. The number of aromatic nitrogens is 2. The highest BCUT2D eigenvalue weighted by Gasteiger charge is 2.14. The molecule has 0 bridgehead atoms. The van der Waals surface area contributed by atoms with Crippen molar-refractivity contribution in [3.8, 4) is 0 Å². The first kappa shape index (κ1) is 12.6. The molecule has 5 heteroatoms. The fraction of sp³-hybridized carbons (Fsp3) is 0.667. The van der Waals surface area contributed by atoms with Crippen LogP contribution in [0, 0.1) is 5.92 Å². The third kappa shape index (κ3) is 3.09. The van der Waals surface area contributed by atoms with Gasteiger partial charge in [-0.25, -0.2) is 4.68 Å². The molecule has 1 heterocycles. The molecule has 0 unspecified atom stereocenters. The van der Waals surface area contributed by atoms with E-state index in [2.05, 4.69) is 26.3 Å². The second kappa shape index (κ2) is 5.67. The van der Waals surface area contributed by atoms with Crippen LogP contribution < -0.4 is 10.9 Å². The summed E-state index contributed by atoms with van der Waals surface area (Å²) in [5.41, 5.74) is 0.706. The molecular weight excluding hydrogens is 282 g/mol. The van der Waals surface area contributed by atoms with Gasteiger partial charge in [-0.3, -0.25) is 4.79 Å². The molecule has 0 saturated heterocycles. The number of hydrogen-bond donors (Lipinski definition) is 1. The number of nitrogens with one attached hydrogen (secondary N) is 1. The van der Waals surface area contributed by atoms with Crippen molar-refractivity contribution >= 4 is 21.6 Å². The van der Waals surface area contributed by atoms with Crippen LogP contribution in [0.4, 0.5) is 5.69 Å². The zero-order chi connectivity index (χ0) is 12.3. The van der Waals surface area contributed by atoms with Crippen LogP contribution >= 0.6 is 15.9 Å². The minimum Gasteiger partial charge on any atom is -0.382 e. The summed E-state index contributed by atoms with van der Waals surface area (Å²) >= 11 is 3.32. The van der Waals surface area contributed by atoms with Crippen LogP contribution in [0.3, 0.4) is 0 Å². The van der Waals surface area contributed by atoms with E-state index in [4.69, 9.17) is 0 Å². The highest BCUT2D eigenvalue weighted by atomic mass is 79.9. The molecular formula is C12H18BrN3O. The van der Waals surface area contributed by atoms with Gasteiger partial charge in [-0.05, 0) is 34.7 Å². The van der Waals surface area contributed by atoms with Gasteiger partial charge in [-0.15, -0.1) is 0 Å². The summed E-state index contributed by atoms with van der Waals surface area (Å²) in [5, 5.41) is 7.34. The minimum atomic E-state index is -0.0985. The topological polar surface area (TPSA) is 46.9 Å². The molecule has 0 amide bonds.